The topological polar surface area (TPSA) is 56.3 Å². The number of halogens is 2. The first-order chi connectivity index (χ1) is 8.80. The minimum Gasteiger partial charge on any atom is -0.491 e. The van der Waals surface area contributed by atoms with E-state index in [1.54, 1.807) is 6.07 Å². The van der Waals surface area contributed by atoms with Gasteiger partial charge in [0.25, 0.3) is 0 Å². The van der Waals surface area contributed by atoms with E-state index in [1.807, 2.05) is 13.8 Å². The molecule has 0 aromatic carbocycles. The summed E-state index contributed by atoms with van der Waals surface area (Å²) in [6, 6.07) is 1.64. The zero-order valence-corrected chi connectivity index (χ0v) is 13.2. The van der Waals surface area contributed by atoms with E-state index in [1.165, 1.54) is 12.4 Å². The standard InChI is InChI=1S/C12H17Cl2NO3S/c1-3-12(4-2,9-19(14,16)17)8-18-11-5-10(13)6-15-7-11/h5-7H,3-4,8-9H2,1-2H3. The first kappa shape index (κ1) is 16.5. The number of hydrogen-bond acceptors (Lipinski definition) is 4. The van der Waals surface area contributed by atoms with E-state index < -0.39 is 14.5 Å². The number of aromatic nitrogens is 1. The highest BCUT2D eigenvalue weighted by atomic mass is 35.7. The Balaban J connectivity index is 2.79. The monoisotopic (exact) mass is 325 g/mol. The summed E-state index contributed by atoms with van der Waals surface area (Å²) >= 11 is 5.81. The molecule has 1 rings (SSSR count). The van der Waals surface area contributed by atoms with E-state index in [0.717, 1.165) is 0 Å². The van der Waals surface area contributed by atoms with Crippen molar-refractivity contribution in [2.45, 2.75) is 26.7 Å². The van der Waals surface area contributed by atoms with Crippen molar-refractivity contribution in [3.05, 3.63) is 23.5 Å². The van der Waals surface area contributed by atoms with Gasteiger partial charge in [0.2, 0.25) is 9.05 Å². The molecule has 0 fully saturated rings. The van der Waals surface area contributed by atoms with Crippen molar-refractivity contribution in [2.24, 2.45) is 5.41 Å². The van der Waals surface area contributed by atoms with Crippen molar-refractivity contribution in [1.82, 2.24) is 4.98 Å². The molecule has 19 heavy (non-hydrogen) atoms. The number of hydrogen-bond donors (Lipinski definition) is 0. The highest BCUT2D eigenvalue weighted by molar-refractivity contribution is 8.13. The molecule has 4 nitrogen and oxygen atoms in total. The van der Waals surface area contributed by atoms with Crippen molar-refractivity contribution in [3.63, 3.8) is 0 Å². The summed E-state index contributed by atoms with van der Waals surface area (Å²) in [5, 5.41) is 0.473. The minimum absolute atomic E-state index is 0.109. The summed E-state index contributed by atoms with van der Waals surface area (Å²) in [7, 11) is 1.80. The van der Waals surface area contributed by atoms with Crippen LogP contribution in [0.4, 0.5) is 0 Å². The Hall–Kier alpha value is -0.520. The molecule has 0 saturated heterocycles. The minimum atomic E-state index is -3.57. The third-order valence-electron chi connectivity index (χ3n) is 3.20. The van der Waals surface area contributed by atoms with Crippen LogP contribution in [-0.4, -0.2) is 25.8 Å². The summed E-state index contributed by atoms with van der Waals surface area (Å²) in [5.41, 5.74) is -0.497. The smallest absolute Gasteiger partial charge is 0.233 e. The fraction of sp³-hybridized carbons (Fsp3) is 0.583. The van der Waals surface area contributed by atoms with Crippen LogP contribution < -0.4 is 4.74 Å². The quantitative estimate of drug-likeness (QED) is 0.720. The van der Waals surface area contributed by atoms with Gasteiger partial charge >= 0.3 is 0 Å². The van der Waals surface area contributed by atoms with Gasteiger partial charge in [0, 0.05) is 28.4 Å². The first-order valence-electron chi connectivity index (χ1n) is 5.96. The Bertz CT molecular complexity index is 515. The van der Waals surface area contributed by atoms with Gasteiger partial charge in [0.15, 0.2) is 0 Å². The van der Waals surface area contributed by atoms with E-state index in [9.17, 15) is 8.42 Å². The average molecular weight is 326 g/mol. The molecular formula is C12H17Cl2NO3S. The third kappa shape index (κ3) is 5.55. The van der Waals surface area contributed by atoms with Crippen molar-refractivity contribution in [1.29, 1.82) is 0 Å². The molecule has 1 heterocycles. The van der Waals surface area contributed by atoms with Gasteiger partial charge in [-0.25, -0.2) is 8.42 Å². The second kappa shape index (κ2) is 6.77. The first-order valence-corrected chi connectivity index (χ1v) is 8.81. The highest BCUT2D eigenvalue weighted by Crippen LogP contribution is 2.31. The van der Waals surface area contributed by atoms with Crippen molar-refractivity contribution < 1.29 is 13.2 Å². The lowest BCUT2D eigenvalue weighted by Gasteiger charge is -2.30. The maximum absolute atomic E-state index is 11.3. The second-order valence-electron chi connectivity index (χ2n) is 4.52. The molecule has 0 aliphatic carbocycles. The van der Waals surface area contributed by atoms with E-state index in [-0.39, 0.29) is 12.4 Å². The van der Waals surface area contributed by atoms with E-state index in [4.69, 9.17) is 27.0 Å². The third-order valence-corrected chi connectivity index (χ3v) is 4.69. The van der Waals surface area contributed by atoms with Gasteiger partial charge in [-0.15, -0.1) is 0 Å². The predicted octanol–water partition coefficient (Wildman–Crippen LogP) is 3.49. The molecule has 0 spiro atoms. The van der Waals surface area contributed by atoms with Crippen LogP contribution in [0.3, 0.4) is 0 Å². The Labute approximate surface area is 123 Å². The Kier molecular flexibility index (Phi) is 5.89. The van der Waals surface area contributed by atoms with Crippen LogP contribution in [0.5, 0.6) is 5.75 Å². The molecule has 0 saturated carbocycles. The maximum atomic E-state index is 11.3. The van der Waals surface area contributed by atoms with Crippen molar-refractivity contribution in [2.75, 3.05) is 12.4 Å². The summed E-state index contributed by atoms with van der Waals surface area (Å²) in [5.74, 6) is 0.411. The maximum Gasteiger partial charge on any atom is 0.233 e. The van der Waals surface area contributed by atoms with E-state index >= 15 is 0 Å². The molecule has 108 valence electrons. The zero-order chi connectivity index (χ0) is 14.5. The van der Waals surface area contributed by atoms with E-state index in [0.29, 0.717) is 23.6 Å². The van der Waals surface area contributed by atoms with Crippen LogP contribution in [0.25, 0.3) is 0 Å². The predicted molar refractivity (Wildman–Crippen MR) is 77.4 cm³/mol. The summed E-state index contributed by atoms with van der Waals surface area (Å²) in [4.78, 5) is 3.91. The molecule has 0 amide bonds. The van der Waals surface area contributed by atoms with Crippen LogP contribution in [0.1, 0.15) is 26.7 Å². The molecule has 0 unspecified atom stereocenters. The molecular weight excluding hydrogens is 309 g/mol. The Morgan fingerprint density at radius 2 is 1.95 bits per heavy atom. The fourth-order valence-electron chi connectivity index (χ4n) is 1.77. The molecule has 7 heteroatoms. The number of nitrogens with zero attached hydrogens (tertiary/aromatic N) is 1. The lowest BCUT2D eigenvalue weighted by molar-refractivity contribution is 0.154. The van der Waals surface area contributed by atoms with Crippen LogP contribution in [0.2, 0.25) is 5.02 Å². The summed E-state index contributed by atoms with van der Waals surface area (Å²) < 4.78 is 28.2. The molecule has 0 aliphatic heterocycles. The lowest BCUT2D eigenvalue weighted by Crippen LogP contribution is -2.33. The average Bonchev–Trinajstić information content (AvgIpc) is 2.33. The molecule has 0 atom stereocenters. The molecule has 1 aromatic heterocycles. The van der Waals surface area contributed by atoms with Gasteiger partial charge in [0.05, 0.1) is 23.6 Å². The molecule has 0 radical (unpaired) electrons. The molecule has 0 aliphatic rings. The highest BCUT2D eigenvalue weighted by Gasteiger charge is 2.32. The van der Waals surface area contributed by atoms with Gasteiger partial charge in [-0.3, -0.25) is 4.98 Å². The number of rotatable bonds is 7. The van der Waals surface area contributed by atoms with Gasteiger partial charge in [-0.1, -0.05) is 25.4 Å². The Morgan fingerprint density at radius 3 is 2.42 bits per heavy atom. The van der Waals surface area contributed by atoms with Crippen molar-refractivity contribution >= 4 is 31.3 Å². The summed E-state index contributed by atoms with van der Waals surface area (Å²) in [6.07, 6.45) is 4.36. The van der Waals surface area contributed by atoms with E-state index in [2.05, 4.69) is 4.98 Å². The SMILES string of the molecule is CCC(CC)(COc1cncc(Cl)c1)CS(=O)(=O)Cl. The van der Waals surface area contributed by atoms with Gasteiger partial charge < -0.3 is 4.74 Å². The largest absolute Gasteiger partial charge is 0.491 e. The Morgan fingerprint density at radius 1 is 1.32 bits per heavy atom. The van der Waals surface area contributed by atoms with Crippen LogP contribution in [-0.2, 0) is 9.05 Å². The number of pyridine rings is 1. The van der Waals surface area contributed by atoms with Crippen LogP contribution >= 0.6 is 22.3 Å². The fourth-order valence-corrected chi connectivity index (χ4v) is 3.85. The zero-order valence-electron chi connectivity index (χ0n) is 10.9. The molecule has 1 aromatic rings. The van der Waals surface area contributed by atoms with Gasteiger partial charge in [-0.2, -0.15) is 0 Å². The number of ether oxygens (including phenoxy) is 1. The summed E-state index contributed by atoms with van der Waals surface area (Å²) in [6.45, 7) is 4.10. The van der Waals surface area contributed by atoms with Crippen molar-refractivity contribution in [3.8, 4) is 5.75 Å². The van der Waals surface area contributed by atoms with Crippen LogP contribution in [0.15, 0.2) is 18.5 Å². The lowest BCUT2D eigenvalue weighted by atomic mass is 9.85. The molecule has 0 bridgehead atoms. The van der Waals surface area contributed by atoms with Crippen LogP contribution in [0, 0.1) is 5.41 Å². The van der Waals surface area contributed by atoms with Gasteiger partial charge in [-0.05, 0) is 12.8 Å². The normalized spacial score (nSPS) is 12.4. The van der Waals surface area contributed by atoms with Gasteiger partial charge in [0.1, 0.15) is 5.75 Å². The second-order valence-corrected chi connectivity index (χ2v) is 7.73. The molecule has 0 N–H and O–H groups in total.